The number of nitrogens with zero attached hydrogens (tertiary/aromatic N) is 2. The quantitative estimate of drug-likeness (QED) is 0.807. The summed E-state index contributed by atoms with van der Waals surface area (Å²) in [5.74, 6) is 0.411. The molecule has 1 aliphatic rings. The van der Waals surface area contributed by atoms with Gasteiger partial charge in [0.05, 0.1) is 6.26 Å². The fraction of sp³-hybridized carbons (Fsp3) is 0.909. The lowest BCUT2D eigenvalue weighted by molar-refractivity contribution is 0.199. The summed E-state index contributed by atoms with van der Waals surface area (Å²) in [6.45, 7) is 6.65. The Balaban J connectivity index is 2.49. The van der Waals surface area contributed by atoms with Crippen molar-refractivity contribution in [2.24, 2.45) is 5.92 Å². The summed E-state index contributed by atoms with van der Waals surface area (Å²) in [6, 6.07) is -0.0981. The molecule has 0 bridgehead atoms. The van der Waals surface area contributed by atoms with Crippen LogP contribution in [-0.2, 0) is 10.0 Å². The van der Waals surface area contributed by atoms with Gasteiger partial charge in [-0.25, -0.2) is 17.5 Å². The lowest BCUT2D eigenvalue weighted by Crippen LogP contribution is -2.43. The number of hydrogen-bond acceptors (Lipinski definition) is 3. The van der Waals surface area contributed by atoms with E-state index >= 15 is 0 Å². The Morgan fingerprint density at radius 3 is 2.44 bits per heavy atom. The van der Waals surface area contributed by atoms with Crippen LogP contribution in [0.25, 0.3) is 0 Å². The first-order valence-electron chi connectivity index (χ1n) is 6.28. The molecule has 18 heavy (non-hydrogen) atoms. The largest absolute Gasteiger partial charge is 0.338 e. The third-order valence-corrected chi connectivity index (χ3v) is 4.18. The van der Waals surface area contributed by atoms with Gasteiger partial charge < -0.3 is 10.2 Å². The average Bonchev–Trinajstić information content (AvgIpc) is 2.50. The minimum atomic E-state index is -3.15. The van der Waals surface area contributed by atoms with E-state index in [4.69, 9.17) is 0 Å². The Kier molecular flexibility index (Phi) is 5.40. The maximum Gasteiger partial charge on any atom is 0.317 e. The zero-order chi connectivity index (χ0) is 13.8. The monoisotopic (exact) mass is 277 g/mol. The molecule has 0 unspecified atom stereocenters. The predicted octanol–water partition coefficient (Wildman–Crippen LogP) is 0.319. The molecule has 2 amide bonds. The summed E-state index contributed by atoms with van der Waals surface area (Å²) in [6.07, 6.45) is 1.89. The lowest BCUT2D eigenvalue weighted by atomic mass is 10.2. The molecule has 1 heterocycles. The van der Waals surface area contributed by atoms with Crippen molar-refractivity contribution in [3.05, 3.63) is 0 Å². The minimum absolute atomic E-state index is 0.0981. The molecule has 0 radical (unpaired) electrons. The predicted molar refractivity (Wildman–Crippen MR) is 70.8 cm³/mol. The van der Waals surface area contributed by atoms with Crippen molar-refractivity contribution >= 4 is 16.1 Å². The number of nitrogens with one attached hydrogen (secondary N) is 1. The van der Waals surface area contributed by atoms with E-state index in [2.05, 4.69) is 5.32 Å². The van der Waals surface area contributed by atoms with Crippen molar-refractivity contribution in [3.63, 3.8) is 0 Å². The number of hydrogen-bond donors (Lipinski definition) is 1. The highest BCUT2D eigenvalue weighted by Gasteiger charge is 2.23. The van der Waals surface area contributed by atoms with Gasteiger partial charge in [-0.3, -0.25) is 0 Å². The van der Waals surface area contributed by atoms with Crippen LogP contribution in [0, 0.1) is 5.92 Å². The van der Waals surface area contributed by atoms with Gasteiger partial charge in [0, 0.05) is 32.7 Å². The van der Waals surface area contributed by atoms with Gasteiger partial charge in [-0.05, 0) is 12.3 Å². The Morgan fingerprint density at radius 1 is 1.22 bits per heavy atom. The van der Waals surface area contributed by atoms with Gasteiger partial charge in [0.2, 0.25) is 10.0 Å². The highest BCUT2D eigenvalue weighted by Crippen LogP contribution is 2.07. The van der Waals surface area contributed by atoms with Crippen molar-refractivity contribution in [1.82, 2.24) is 14.5 Å². The molecule has 1 saturated heterocycles. The summed E-state index contributed by atoms with van der Waals surface area (Å²) < 4.78 is 24.3. The first-order valence-corrected chi connectivity index (χ1v) is 8.13. The second-order valence-corrected chi connectivity index (χ2v) is 7.06. The molecule has 0 aromatic rings. The SMILES string of the molecule is CC(C)CNC(=O)N1CCCN(S(C)(=O)=O)CC1. The molecule has 6 nitrogen and oxygen atoms in total. The van der Waals surface area contributed by atoms with Crippen molar-refractivity contribution in [1.29, 1.82) is 0 Å². The summed E-state index contributed by atoms with van der Waals surface area (Å²) in [5.41, 5.74) is 0. The third-order valence-electron chi connectivity index (χ3n) is 2.87. The number of sulfonamides is 1. The van der Waals surface area contributed by atoms with E-state index in [9.17, 15) is 13.2 Å². The topological polar surface area (TPSA) is 69.7 Å². The van der Waals surface area contributed by atoms with Crippen LogP contribution >= 0.6 is 0 Å². The summed E-state index contributed by atoms with van der Waals surface area (Å²) >= 11 is 0. The average molecular weight is 277 g/mol. The van der Waals surface area contributed by atoms with Gasteiger partial charge >= 0.3 is 6.03 Å². The second-order valence-electron chi connectivity index (χ2n) is 5.08. The van der Waals surface area contributed by atoms with Crippen LogP contribution in [0.3, 0.4) is 0 Å². The van der Waals surface area contributed by atoms with Crippen LogP contribution in [0.4, 0.5) is 4.79 Å². The molecule has 0 atom stereocenters. The van der Waals surface area contributed by atoms with Crippen LogP contribution in [0.5, 0.6) is 0 Å². The Morgan fingerprint density at radius 2 is 1.89 bits per heavy atom. The maximum absolute atomic E-state index is 11.9. The lowest BCUT2D eigenvalue weighted by Gasteiger charge is -2.22. The van der Waals surface area contributed by atoms with Crippen LogP contribution < -0.4 is 5.32 Å². The molecule has 0 aliphatic carbocycles. The number of amides is 2. The maximum atomic E-state index is 11.9. The number of carbonyl (C=O) groups is 1. The van der Waals surface area contributed by atoms with E-state index < -0.39 is 10.0 Å². The number of rotatable bonds is 3. The molecule has 0 saturated carbocycles. The molecule has 7 heteroatoms. The normalized spacial score (nSPS) is 18.8. The van der Waals surface area contributed by atoms with E-state index in [1.54, 1.807) is 4.90 Å². The molecule has 0 aromatic carbocycles. The van der Waals surface area contributed by atoms with Crippen LogP contribution in [0.2, 0.25) is 0 Å². The zero-order valence-corrected chi connectivity index (χ0v) is 12.2. The van der Waals surface area contributed by atoms with Crippen LogP contribution in [0.15, 0.2) is 0 Å². The smallest absolute Gasteiger partial charge is 0.317 e. The van der Waals surface area contributed by atoms with E-state index in [0.717, 1.165) is 0 Å². The molecular formula is C11H23N3O3S. The highest BCUT2D eigenvalue weighted by atomic mass is 32.2. The van der Waals surface area contributed by atoms with E-state index in [-0.39, 0.29) is 6.03 Å². The molecule has 0 spiro atoms. The van der Waals surface area contributed by atoms with Crippen molar-refractivity contribution in [3.8, 4) is 0 Å². The van der Waals surface area contributed by atoms with Gasteiger partial charge in [-0.1, -0.05) is 13.8 Å². The molecule has 1 fully saturated rings. The fourth-order valence-corrected chi connectivity index (χ4v) is 2.71. The Labute approximate surface area is 109 Å². The van der Waals surface area contributed by atoms with Gasteiger partial charge in [-0.2, -0.15) is 0 Å². The van der Waals surface area contributed by atoms with Gasteiger partial charge in [0.25, 0.3) is 0 Å². The van der Waals surface area contributed by atoms with Crippen molar-refractivity contribution in [2.75, 3.05) is 39.0 Å². The second kappa shape index (κ2) is 6.38. The van der Waals surface area contributed by atoms with Crippen molar-refractivity contribution < 1.29 is 13.2 Å². The van der Waals surface area contributed by atoms with E-state index in [0.29, 0.717) is 45.1 Å². The number of urea groups is 1. The molecular weight excluding hydrogens is 254 g/mol. The molecule has 1 rings (SSSR count). The summed E-state index contributed by atoms with van der Waals surface area (Å²) in [4.78, 5) is 13.5. The molecule has 1 N–H and O–H groups in total. The first kappa shape index (κ1) is 15.2. The van der Waals surface area contributed by atoms with E-state index in [1.807, 2.05) is 13.8 Å². The third kappa shape index (κ3) is 4.81. The molecule has 106 valence electrons. The Bertz CT molecular complexity index is 381. The summed E-state index contributed by atoms with van der Waals surface area (Å²) in [5, 5.41) is 2.85. The zero-order valence-electron chi connectivity index (χ0n) is 11.3. The number of carbonyl (C=O) groups excluding carboxylic acids is 1. The standard InChI is InChI=1S/C11H23N3O3S/c1-10(2)9-12-11(15)13-5-4-6-14(8-7-13)18(3,16)17/h10H,4-9H2,1-3H3,(H,12,15). The van der Waals surface area contributed by atoms with Crippen LogP contribution in [0.1, 0.15) is 20.3 Å². The summed E-state index contributed by atoms with van der Waals surface area (Å²) in [7, 11) is -3.15. The minimum Gasteiger partial charge on any atom is -0.338 e. The molecule has 1 aliphatic heterocycles. The van der Waals surface area contributed by atoms with Gasteiger partial charge in [0.15, 0.2) is 0 Å². The Hall–Kier alpha value is -0.820. The van der Waals surface area contributed by atoms with E-state index in [1.165, 1.54) is 10.6 Å². The molecule has 0 aromatic heterocycles. The van der Waals surface area contributed by atoms with Gasteiger partial charge in [-0.15, -0.1) is 0 Å². The highest BCUT2D eigenvalue weighted by molar-refractivity contribution is 7.88. The van der Waals surface area contributed by atoms with Crippen LogP contribution in [-0.4, -0.2) is 62.6 Å². The van der Waals surface area contributed by atoms with Crippen molar-refractivity contribution in [2.45, 2.75) is 20.3 Å². The van der Waals surface area contributed by atoms with Gasteiger partial charge in [0.1, 0.15) is 0 Å². The fourth-order valence-electron chi connectivity index (χ4n) is 1.83. The first-order chi connectivity index (χ1) is 8.30.